The van der Waals surface area contributed by atoms with E-state index in [4.69, 9.17) is 4.74 Å². The lowest BCUT2D eigenvalue weighted by molar-refractivity contribution is -0.146. The molecule has 1 saturated heterocycles. The van der Waals surface area contributed by atoms with Crippen molar-refractivity contribution >= 4 is 28.5 Å². The Balaban J connectivity index is 1.66. The molecule has 0 aromatic heterocycles. The molecule has 0 aliphatic carbocycles. The van der Waals surface area contributed by atoms with Crippen LogP contribution in [0.4, 0.5) is 0 Å². The molecule has 4 rings (SSSR count). The number of phenolic OH excluding ortho intramolecular Hbond substituents is 1. The monoisotopic (exact) mass is 531 g/mol. The molecule has 1 heterocycles. The van der Waals surface area contributed by atoms with E-state index in [0.717, 1.165) is 21.9 Å². The molecule has 0 saturated carbocycles. The van der Waals surface area contributed by atoms with Crippen molar-refractivity contribution in [1.29, 1.82) is 0 Å². The molecule has 1 fully saturated rings. The minimum Gasteiger partial charge on any atom is -0.504 e. The van der Waals surface area contributed by atoms with Gasteiger partial charge in [0.2, 0.25) is 17.7 Å². The highest BCUT2D eigenvalue weighted by Crippen LogP contribution is 2.29. The van der Waals surface area contributed by atoms with Crippen molar-refractivity contribution < 1.29 is 24.2 Å². The summed E-state index contributed by atoms with van der Waals surface area (Å²) in [5.41, 5.74) is 1.69. The van der Waals surface area contributed by atoms with E-state index < -0.39 is 12.1 Å². The minimum atomic E-state index is -0.750. The molecule has 3 aromatic rings. The van der Waals surface area contributed by atoms with Gasteiger partial charge in [-0.05, 0) is 46.4 Å². The Bertz CT molecular complexity index is 1360. The third-order valence-electron chi connectivity index (χ3n) is 7.29. The van der Waals surface area contributed by atoms with Gasteiger partial charge < -0.3 is 25.0 Å². The van der Waals surface area contributed by atoms with E-state index in [1.807, 2.05) is 50.2 Å². The van der Waals surface area contributed by atoms with E-state index in [0.29, 0.717) is 18.6 Å². The number of nitrogens with zero attached hydrogens (tertiary/aromatic N) is 2. The molecular formula is C31H37N3O5. The molecule has 8 heteroatoms. The number of carbonyl (C=O) groups is 3. The van der Waals surface area contributed by atoms with E-state index in [1.54, 1.807) is 29.0 Å². The van der Waals surface area contributed by atoms with Gasteiger partial charge in [-0.25, -0.2) is 0 Å². The second kappa shape index (κ2) is 12.2. The summed E-state index contributed by atoms with van der Waals surface area (Å²) in [7, 11) is 3.03. The van der Waals surface area contributed by atoms with Crippen molar-refractivity contribution in [3.05, 3.63) is 71.8 Å². The number of hydrogen-bond acceptors (Lipinski definition) is 5. The smallest absolute Gasteiger partial charge is 0.246 e. The number of amides is 3. The van der Waals surface area contributed by atoms with Gasteiger partial charge in [-0.3, -0.25) is 14.4 Å². The Hall–Kier alpha value is -4.07. The van der Waals surface area contributed by atoms with Crippen LogP contribution in [0.5, 0.6) is 11.5 Å². The molecule has 3 amide bonds. The summed E-state index contributed by atoms with van der Waals surface area (Å²) >= 11 is 0. The van der Waals surface area contributed by atoms with Crippen molar-refractivity contribution in [3.63, 3.8) is 0 Å². The molecule has 1 aliphatic rings. The van der Waals surface area contributed by atoms with Gasteiger partial charge in [-0.1, -0.05) is 62.4 Å². The Labute approximate surface area is 229 Å². The third kappa shape index (κ3) is 6.33. The van der Waals surface area contributed by atoms with Crippen LogP contribution in [-0.4, -0.2) is 65.4 Å². The largest absolute Gasteiger partial charge is 0.504 e. The lowest BCUT2D eigenvalue weighted by Crippen LogP contribution is -2.54. The SMILES string of the molecule is CNC(=O)C(Cc1ccc2ccccc2c1)N1CCC(=O)N(Cc2ccc(O)c(OC)c2)C(CC(C)C)C1=O. The average molecular weight is 532 g/mol. The molecule has 2 unspecified atom stereocenters. The highest BCUT2D eigenvalue weighted by atomic mass is 16.5. The molecular weight excluding hydrogens is 494 g/mol. The van der Waals surface area contributed by atoms with Gasteiger partial charge in [-0.15, -0.1) is 0 Å². The molecule has 3 aromatic carbocycles. The van der Waals surface area contributed by atoms with Crippen LogP contribution in [0.1, 0.15) is 37.8 Å². The number of aromatic hydroxyl groups is 1. The van der Waals surface area contributed by atoms with Crippen LogP contribution in [0.2, 0.25) is 0 Å². The van der Waals surface area contributed by atoms with Crippen molar-refractivity contribution in [3.8, 4) is 11.5 Å². The standard InChI is InChI=1S/C31H37N3O5/c1-20(2)15-26-31(38)33(14-13-29(36)34(26)19-22-10-12-27(35)28(18-22)39-4)25(30(37)32-3)17-21-9-11-23-7-5-6-8-24(23)16-21/h5-12,16,18,20,25-26,35H,13-15,17,19H2,1-4H3,(H,32,37). The van der Waals surface area contributed by atoms with Crippen molar-refractivity contribution in [2.45, 2.75) is 51.7 Å². The predicted octanol–water partition coefficient (Wildman–Crippen LogP) is 3.89. The number of rotatable bonds is 9. The van der Waals surface area contributed by atoms with Crippen molar-refractivity contribution in [2.24, 2.45) is 5.92 Å². The second-order valence-corrected chi connectivity index (χ2v) is 10.5. The maximum absolute atomic E-state index is 14.2. The lowest BCUT2D eigenvalue weighted by atomic mass is 9.97. The van der Waals surface area contributed by atoms with Crippen LogP contribution in [0.25, 0.3) is 10.8 Å². The first-order chi connectivity index (χ1) is 18.7. The summed E-state index contributed by atoms with van der Waals surface area (Å²) in [4.78, 5) is 44.0. The number of carbonyl (C=O) groups excluding carboxylic acids is 3. The quantitative estimate of drug-likeness (QED) is 0.437. The Morgan fingerprint density at radius 1 is 1.05 bits per heavy atom. The number of benzene rings is 3. The molecule has 0 spiro atoms. The number of likely N-dealkylation sites (N-methyl/N-ethyl adjacent to an activating group) is 1. The molecule has 39 heavy (non-hydrogen) atoms. The summed E-state index contributed by atoms with van der Waals surface area (Å²) in [6, 6.07) is 17.5. The summed E-state index contributed by atoms with van der Waals surface area (Å²) < 4.78 is 5.24. The van der Waals surface area contributed by atoms with Gasteiger partial charge in [0.25, 0.3) is 0 Å². The van der Waals surface area contributed by atoms with Crippen molar-refractivity contribution in [1.82, 2.24) is 15.1 Å². The number of hydrogen-bond donors (Lipinski definition) is 2. The normalized spacial score (nSPS) is 16.9. The average Bonchev–Trinajstić information content (AvgIpc) is 3.04. The summed E-state index contributed by atoms with van der Waals surface area (Å²) in [5, 5.41) is 14.9. The van der Waals surface area contributed by atoms with E-state index in [9.17, 15) is 19.5 Å². The number of nitrogens with one attached hydrogen (secondary N) is 1. The Kier molecular flexibility index (Phi) is 8.74. The zero-order chi connectivity index (χ0) is 28.1. The highest BCUT2D eigenvalue weighted by Gasteiger charge is 2.41. The highest BCUT2D eigenvalue weighted by molar-refractivity contribution is 5.94. The van der Waals surface area contributed by atoms with Crippen LogP contribution in [-0.2, 0) is 27.3 Å². The minimum absolute atomic E-state index is 0.00605. The fourth-order valence-corrected chi connectivity index (χ4v) is 5.27. The van der Waals surface area contributed by atoms with Gasteiger partial charge in [0.05, 0.1) is 7.11 Å². The van der Waals surface area contributed by atoms with E-state index in [1.165, 1.54) is 13.2 Å². The number of phenols is 1. The van der Waals surface area contributed by atoms with Gasteiger partial charge in [0, 0.05) is 33.0 Å². The lowest BCUT2D eigenvalue weighted by Gasteiger charge is -2.35. The molecule has 206 valence electrons. The Morgan fingerprint density at radius 2 is 1.77 bits per heavy atom. The van der Waals surface area contributed by atoms with Crippen LogP contribution >= 0.6 is 0 Å². The molecule has 2 atom stereocenters. The molecule has 1 aliphatic heterocycles. The maximum atomic E-state index is 14.2. The predicted molar refractivity (Wildman–Crippen MR) is 150 cm³/mol. The maximum Gasteiger partial charge on any atom is 0.246 e. The zero-order valence-electron chi connectivity index (χ0n) is 23.0. The molecule has 0 bridgehead atoms. The topological polar surface area (TPSA) is 99.2 Å². The molecule has 2 N–H and O–H groups in total. The second-order valence-electron chi connectivity index (χ2n) is 10.5. The first-order valence-electron chi connectivity index (χ1n) is 13.4. The van der Waals surface area contributed by atoms with E-state index >= 15 is 0 Å². The first kappa shape index (κ1) is 28.0. The van der Waals surface area contributed by atoms with E-state index in [-0.39, 0.29) is 48.9 Å². The van der Waals surface area contributed by atoms with Gasteiger partial charge in [-0.2, -0.15) is 0 Å². The summed E-state index contributed by atoms with van der Waals surface area (Å²) in [5.74, 6) is -0.184. The van der Waals surface area contributed by atoms with E-state index in [2.05, 4.69) is 11.4 Å². The fourth-order valence-electron chi connectivity index (χ4n) is 5.27. The van der Waals surface area contributed by atoms with Crippen LogP contribution < -0.4 is 10.1 Å². The van der Waals surface area contributed by atoms with Gasteiger partial charge >= 0.3 is 0 Å². The molecule has 0 radical (unpaired) electrons. The number of methoxy groups -OCH3 is 1. The first-order valence-corrected chi connectivity index (χ1v) is 13.4. The van der Waals surface area contributed by atoms with Gasteiger partial charge in [0.15, 0.2) is 11.5 Å². The van der Waals surface area contributed by atoms with Crippen LogP contribution in [0.3, 0.4) is 0 Å². The summed E-state index contributed by atoms with van der Waals surface area (Å²) in [6.45, 7) is 4.38. The third-order valence-corrected chi connectivity index (χ3v) is 7.29. The van der Waals surface area contributed by atoms with Crippen LogP contribution in [0, 0.1) is 5.92 Å². The van der Waals surface area contributed by atoms with Crippen molar-refractivity contribution in [2.75, 3.05) is 20.7 Å². The fraction of sp³-hybridized carbons (Fsp3) is 0.387. The van der Waals surface area contributed by atoms with Crippen LogP contribution in [0.15, 0.2) is 60.7 Å². The zero-order valence-corrected chi connectivity index (χ0v) is 23.0. The summed E-state index contributed by atoms with van der Waals surface area (Å²) in [6.07, 6.45) is 0.918. The number of fused-ring (bicyclic) bond motifs is 1. The molecule has 8 nitrogen and oxygen atoms in total. The van der Waals surface area contributed by atoms with Gasteiger partial charge in [0.1, 0.15) is 12.1 Å². The number of ether oxygens (including phenoxy) is 1. The Morgan fingerprint density at radius 3 is 2.46 bits per heavy atom.